The number of hydrogen-bond acceptors (Lipinski definition) is 4. The van der Waals surface area contributed by atoms with Crippen LogP contribution in [-0.4, -0.2) is 44.5 Å². The van der Waals surface area contributed by atoms with E-state index in [0.29, 0.717) is 24.4 Å². The highest BCUT2D eigenvalue weighted by Gasteiger charge is 2.11. The van der Waals surface area contributed by atoms with Crippen LogP contribution in [0.1, 0.15) is 30.6 Å². The molecule has 0 N–H and O–H groups in total. The van der Waals surface area contributed by atoms with E-state index in [0.717, 1.165) is 26.1 Å². The van der Waals surface area contributed by atoms with Gasteiger partial charge in [0.15, 0.2) is 17.8 Å². The monoisotopic (exact) mass is 283 g/mol. The summed E-state index contributed by atoms with van der Waals surface area (Å²) in [5.74, 6) is 0.103. The lowest BCUT2D eigenvalue weighted by Crippen LogP contribution is -2.25. The first-order valence-corrected chi connectivity index (χ1v) is 6.84. The van der Waals surface area contributed by atoms with Crippen LogP contribution in [0.25, 0.3) is 0 Å². The summed E-state index contributed by atoms with van der Waals surface area (Å²) in [5.41, 5.74) is -0.0302. The number of rotatable bonds is 9. The van der Waals surface area contributed by atoms with Gasteiger partial charge in [-0.2, -0.15) is 0 Å². The average molecular weight is 283 g/mol. The van der Waals surface area contributed by atoms with Crippen molar-refractivity contribution >= 4 is 6.29 Å². The highest BCUT2D eigenvalue weighted by atomic mass is 19.1. The number of halogens is 1. The summed E-state index contributed by atoms with van der Waals surface area (Å²) in [6, 6.07) is 2.54. The standard InChI is InChI=1S/C15H22FNO3/c1-4-17(5-2)7-6-8-20-15-10-13(16)12(11-18)9-14(15)19-3/h9-11H,4-8H2,1-3H3. The zero-order valence-electron chi connectivity index (χ0n) is 12.3. The first kappa shape index (κ1) is 16.4. The number of carbonyl (C=O) groups excluding carboxylic acids is 1. The minimum Gasteiger partial charge on any atom is -0.493 e. The Labute approximate surface area is 119 Å². The zero-order valence-corrected chi connectivity index (χ0v) is 12.3. The van der Waals surface area contributed by atoms with Crippen LogP contribution >= 0.6 is 0 Å². The molecule has 0 aliphatic heterocycles. The van der Waals surface area contributed by atoms with Crippen molar-refractivity contribution in [3.63, 3.8) is 0 Å². The van der Waals surface area contributed by atoms with E-state index in [1.54, 1.807) is 0 Å². The number of methoxy groups -OCH3 is 1. The van der Waals surface area contributed by atoms with E-state index < -0.39 is 5.82 Å². The van der Waals surface area contributed by atoms with Gasteiger partial charge in [-0.05, 0) is 25.6 Å². The molecule has 20 heavy (non-hydrogen) atoms. The highest BCUT2D eigenvalue weighted by Crippen LogP contribution is 2.29. The maximum Gasteiger partial charge on any atom is 0.164 e. The van der Waals surface area contributed by atoms with Crippen molar-refractivity contribution < 1.29 is 18.7 Å². The average Bonchev–Trinajstić information content (AvgIpc) is 2.47. The minimum absolute atomic E-state index is 0.0302. The second-order valence-electron chi connectivity index (χ2n) is 4.37. The van der Waals surface area contributed by atoms with Crippen LogP contribution in [0.5, 0.6) is 11.5 Å². The number of aldehydes is 1. The fourth-order valence-electron chi connectivity index (χ4n) is 1.92. The third-order valence-electron chi connectivity index (χ3n) is 3.18. The van der Waals surface area contributed by atoms with Crippen LogP contribution in [0.3, 0.4) is 0 Å². The van der Waals surface area contributed by atoms with Crippen molar-refractivity contribution in [2.45, 2.75) is 20.3 Å². The van der Waals surface area contributed by atoms with E-state index in [1.807, 2.05) is 0 Å². The van der Waals surface area contributed by atoms with E-state index >= 15 is 0 Å². The molecule has 1 rings (SSSR count). The largest absolute Gasteiger partial charge is 0.493 e. The minimum atomic E-state index is -0.598. The predicted molar refractivity (Wildman–Crippen MR) is 76.2 cm³/mol. The number of carbonyl (C=O) groups is 1. The number of nitrogens with zero attached hydrogens (tertiary/aromatic N) is 1. The molecule has 0 spiro atoms. The van der Waals surface area contributed by atoms with Crippen molar-refractivity contribution in [3.05, 3.63) is 23.5 Å². The zero-order chi connectivity index (χ0) is 15.0. The Morgan fingerprint density at radius 2 is 1.95 bits per heavy atom. The SMILES string of the molecule is CCN(CC)CCCOc1cc(F)c(C=O)cc1OC. The molecule has 0 bridgehead atoms. The van der Waals surface area contributed by atoms with Gasteiger partial charge in [0.25, 0.3) is 0 Å². The maximum absolute atomic E-state index is 13.5. The van der Waals surface area contributed by atoms with Crippen LogP contribution < -0.4 is 9.47 Å². The Bertz CT molecular complexity index is 433. The van der Waals surface area contributed by atoms with Gasteiger partial charge in [-0.1, -0.05) is 13.8 Å². The van der Waals surface area contributed by atoms with Crippen LogP contribution in [0, 0.1) is 5.82 Å². The molecule has 0 radical (unpaired) electrons. The molecule has 0 aromatic heterocycles. The molecule has 0 aliphatic rings. The topological polar surface area (TPSA) is 38.8 Å². The van der Waals surface area contributed by atoms with Crippen molar-refractivity contribution in [2.75, 3.05) is 33.4 Å². The van der Waals surface area contributed by atoms with Crippen LogP contribution in [0.15, 0.2) is 12.1 Å². The molecule has 4 nitrogen and oxygen atoms in total. The number of benzene rings is 1. The number of ether oxygens (including phenoxy) is 2. The van der Waals surface area contributed by atoms with Gasteiger partial charge in [-0.25, -0.2) is 4.39 Å². The van der Waals surface area contributed by atoms with E-state index in [2.05, 4.69) is 18.7 Å². The van der Waals surface area contributed by atoms with E-state index in [9.17, 15) is 9.18 Å². The smallest absolute Gasteiger partial charge is 0.164 e. The summed E-state index contributed by atoms with van der Waals surface area (Å²) >= 11 is 0. The molecule has 1 aromatic carbocycles. The maximum atomic E-state index is 13.5. The van der Waals surface area contributed by atoms with Crippen molar-refractivity contribution in [2.24, 2.45) is 0 Å². The van der Waals surface area contributed by atoms with Gasteiger partial charge < -0.3 is 14.4 Å². The summed E-state index contributed by atoms with van der Waals surface area (Å²) in [6.45, 7) is 7.64. The second kappa shape index (κ2) is 8.53. The summed E-state index contributed by atoms with van der Waals surface area (Å²) in [6.07, 6.45) is 1.31. The first-order valence-electron chi connectivity index (χ1n) is 6.84. The lowest BCUT2D eigenvalue weighted by Gasteiger charge is -2.18. The fraction of sp³-hybridized carbons (Fsp3) is 0.533. The molecular weight excluding hydrogens is 261 g/mol. The summed E-state index contributed by atoms with van der Waals surface area (Å²) in [4.78, 5) is 13.0. The van der Waals surface area contributed by atoms with Crippen LogP contribution in [0.4, 0.5) is 4.39 Å². The molecule has 0 saturated heterocycles. The molecule has 0 unspecified atom stereocenters. The van der Waals surface area contributed by atoms with E-state index in [-0.39, 0.29) is 5.56 Å². The first-order chi connectivity index (χ1) is 9.65. The molecule has 0 aliphatic carbocycles. The second-order valence-corrected chi connectivity index (χ2v) is 4.37. The van der Waals surface area contributed by atoms with Gasteiger partial charge >= 0.3 is 0 Å². The van der Waals surface area contributed by atoms with Gasteiger partial charge in [0.05, 0.1) is 19.3 Å². The molecule has 0 heterocycles. The lowest BCUT2D eigenvalue weighted by molar-refractivity contribution is 0.111. The molecular formula is C15H22FNO3. The quantitative estimate of drug-likeness (QED) is 0.516. The number of hydrogen-bond donors (Lipinski definition) is 0. The Morgan fingerprint density at radius 3 is 2.50 bits per heavy atom. The fourth-order valence-corrected chi connectivity index (χ4v) is 1.92. The molecule has 0 amide bonds. The molecule has 1 aromatic rings. The van der Waals surface area contributed by atoms with E-state index in [4.69, 9.17) is 9.47 Å². The Kier molecular flexibility index (Phi) is 7.01. The van der Waals surface area contributed by atoms with E-state index in [1.165, 1.54) is 19.2 Å². The summed E-state index contributed by atoms with van der Waals surface area (Å²) in [7, 11) is 1.46. The Hall–Kier alpha value is -1.62. The van der Waals surface area contributed by atoms with Gasteiger partial charge in [-0.3, -0.25) is 4.79 Å². The highest BCUT2D eigenvalue weighted by molar-refractivity contribution is 5.76. The Morgan fingerprint density at radius 1 is 1.25 bits per heavy atom. The molecule has 112 valence electrons. The van der Waals surface area contributed by atoms with Crippen molar-refractivity contribution in [1.29, 1.82) is 0 Å². The van der Waals surface area contributed by atoms with Crippen molar-refractivity contribution in [1.82, 2.24) is 4.90 Å². The lowest BCUT2D eigenvalue weighted by atomic mass is 10.2. The van der Waals surface area contributed by atoms with Crippen LogP contribution in [0.2, 0.25) is 0 Å². The summed E-state index contributed by atoms with van der Waals surface area (Å²) in [5, 5.41) is 0. The summed E-state index contributed by atoms with van der Waals surface area (Å²) < 4.78 is 24.2. The van der Waals surface area contributed by atoms with Gasteiger partial charge in [0, 0.05) is 12.6 Å². The normalized spacial score (nSPS) is 10.7. The molecule has 0 saturated carbocycles. The Balaban J connectivity index is 2.59. The molecule has 0 atom stereocenters. The third-order valence-corrected chi connectivity index (χ3v) is 3.18. The molecule has 0 fully saturated rings. The van der Waals surface area contributed by atoms with Gasteiger partial charge in [-0.15, -0.1) is 0 Å². The molecule has 5 heteroatoms. The van der Waals surface area contributed by atoms with Gasteiger partial charge in [0.2, 0.25) is 0 Å². The van der Waals surface area contributed by atoms with Crippen LogP contribution in [-0.2, 0) is 0 Å². The van der Waals surface area contributed by atoms with Gasteiger partial charge in [0.1, 0.15) is 5.82 Å². The van der Waals surface area contributed by atoms with Crippen molar-refractivity contribution in [3.8, 4) is 11.5 Å². The predicted octanol–water partition coefficient (Wildman–Crippen LogP) is 2.76. The third kappa shape index (κ3) is 4.49.